The first-order valence-corrected chi connectivity index (χ1v) is 9.83. The number of carbonyl (C=O) groups is 6. The van der Waals surface area contributed by atoms with Crippen molar-refractivity contribution in [1.29, 1.82) is 0 Å². The minimum Gasteiger partial charge on any atom is -0.481 e. The lowest BCUT2D eigenvalue weighted by atomic mass is 10.1. The van der Waals surface area contributed by atoms with Crippen LogP contribution in [0.3, 0.4) is 0 Å². The van der Waals surface area contributed by atoms with Crippen molar-refractivity contribution >= 4 is 35.6 Å². The molecule has 0 aliphatic carbocycles. The van der Waals surface area contributed by atoms with E-state index in [9.17, 15) is 28.8 Å². The third-order valence-corrected chi connectivity index (χ3v) is 4.35. The Morgan fingerprint density at radius 3 is 2.03 bits per heavy atom. The Morgan fingerprint density at radius 1 is 0.848 bits per heavy atom. The molecule has 0 saturated heterocycles. The summed E-state index contributed by atoms with van der Waals surface area (Å²) in [6, 6.07) is 4.68. The van der Waals surface area contributed by atoms with Gasteiger partial charge in [0.1, 0.15) is 12.1 Å². The van der Waals surface area contributed by atoms with Crippen LogP contribution in [-0.2, 0) is 35.2 Å². The monoisotopic (exact) mass is 466 g/mol. The van der Waals surface area contributed by atoms with E-state index in [1.165, 1.54) is 0 Å². The summed E-state index contributed by atoms with van der Waals surface area (Å²) in [7, 11) is 0. The second-order valence-corrected chi connectivity index (χ2v) is 7.06. The van der Waals surface area contributed by atoms with Gasteiger partial charge >= 0.3 is 17.9 Å². The fourth-order valence-corrected chi connectivity index (χ4v) is 2.68. The fraction of sp³-hybridized carbons (Fsp3) is 0.400. The summed E-state index contributed by atoms with van der Waals surface area (Å²) in [4.78, 5) is 69.4. The van der Waals surface area contributed by atoms with Gasteiger partial charge in [-0.3, -0.25) is 24.0 Å². The second-order valence-electron chi connectivity index (χ2n) is 7.06. The van der Waals surface area contributed by atoms with Crippen LogP contribution in [0.2, 0.25) is 0 Å². The van der Waals surface area contributed by atoms with E-state index in [1.54, 1.807) is 30.3 Å². The van der Waals surface area contributed by atoms with Crippen LogP contribution >= 0.6 is 0 Å². The number of hydrogen-bond donors (Lipinski definition) is 7. The molecule has 13 nitrogen and oxygen atoms in total. The zero-order valence-electron chi connectivity index (χ0n) is 17.5. The van der Waals surface area contributed by atoms with Crippen LogP contribution in [0.15, 0.2) is 30.3 Å². The van der Waals surface area contributed by atoms with Crippen LogP contribution in [0, 0.1) is 0 Å². The van der Waals surface area contributed by atoms with Gasteiger partial charge in [0.25, 0.3) is 0 Å². The zero-order chi connectivity index (χ0) is 25.0. The average Bonchev–Trinajstić information content (AvgIpc) is 2.74. The van der Waals surface area contributed by atoms with E-state index < -0.39 is 73.1 Å². The van der Waals surface area contributed by atoms with Crippen molar-refractivity contribution in [3.63, 3.8) is 0 Å². The molecule has 0 aromatic heterocycles. The predicted octanol–water partition coefficient (Wildman–Crippen LogP) is -1.93. The van der Waals surface area contributed by atoms with Gasteiger partial charge in [-0.05, 0) is 18.4 Å². The molecule has 0 saturated carbocycles. The summed E-state index contributed by atoms with van der Waals surface area (Å²) >= 11 is 0. The fourth-order valence-electron chi connectivity index (χ4n) is 2.68. The first-order chi connectivity index (χ1) is 15.5. The van der Waals surface area contributed by atoms with Crippen LogP contribution in [0.1, 0.15) is 24.8 Å². The minimum absolute atomic E-state index is 0.142. The molecule has 0 spiro atoms. The van der Waals surface area contributed by atoms with Crippen LogP contribution in [0.25, 0.3) is 0 Å². The van der Waals surface area contributed by atoms with Gasteiger partial charge in [-0.25, -0.2) is 4.79 Å². The Morgan fingerprint density at radius 2 is 1.48 bits per heavy atom. The molecule has 3 atom stereocenters. The maximum atomic E-state index is 12.3. The number of benzene rings is 1. The van der Waals surface area contributed by atoms with Gasteiger partial charge in [-0.1, -0.05) is 30.3 Å². The lowest BCUT2D eigenvalue weighted by molar-refractivity contribution is -0.143. The third kappa shape index (κ3) is 10.7. The summed E-state index contributed by atoms with van der Waals surface area (Å²) in [5, 5.41) is 33.1. The molecule has 0 aliphatic rings. The van der Waals surface area contributed by atoms with Crippen molar-refractivity contribution in [1.82, 2.24) is 16.0 Å². The Bertz CT molecular complexity index is 876. The maximum Gasteiger partial charge on any atom is 0.326 e. The molecule has 0 heterocycles. The Labute approximate surface area is 188 Å². The standard InChI is InChI=1S/C20H26N4O9/c21-12(8-11-4-2-1-3-5-11)18(30)24-14(9-17(28)29)19(31)22-10-15(25)23-13(20(32)33)6-7-16(26)27/h1-5,12-14H,6-10,21H2,(H,22,31)(H,23,25)(H,24,30)(H,26,27)(H,28,29)(H,32,33). The predicted molar refractivity (Wildman–Crippen MR) is 112 cm³/mol. The molecule has 0 radical (unpaired) electrons. The SMILES string of the molecule is NC(Cc1ccccc1)C(=O)NC(CC(=O)O)C(=O)NCC(=O)NC(CCC(=O)O)C(=O)O. The summed E-state index contributed by atoms with van der Waals surface area (Å²) in [6.45, 7) is -0.724. The molecule has 1 aromatic carbocycles. The van der Waals surface area contributed by atoms with E-state index in [4.69, 9.17) is 21.1 Å². The molecular formula is C20H26N4O9. The van der Waals surface area contributed by atoms with Gasteiger partial charge in [0.2, 0.25) is 17.7 Å². The lowest BCUT2D eigenvalue weighted by Gasteiger charge is -2.20. The summed E-state index contributed by atoms with van der Waals surface area (Å²) in [6.07, 6.45) is -1.52. The molecule has 0 bridgehead atoms. The zero-order valence-corrected chi connectivity index (χ0v) is 17.5. The quantitative estimate of drug-likeness (QED) is 0.161. The summed E-state index contributed by atoms with van der Waals surface area (Å²) in [5.74, 6) is -6.81. The number of nitrogens with two attached hydrogens (primary N) is 1. The number of amides is 3. The summed E-state index contributed by atoms with van der Waals surface area (Å²) < 4.78 is 0. The van der Waals surface area contributed by atoms with Gasteiger partial charge in [0.15, 0.2) is 0 Å². The van der Waals surface area contributed by atoms with Crippen molar-refractivity contribution in [2.24, 2.45) is 5.73 Å². The average molecular weight is 466 g/mol. The molecule has 8 N–H and O–H groups in total. The van der Waals surface area contributed by atoms with Crippen molar-refractivity contribution in [2.45, 2.75) is 43.8 Å². The van der Waals surface area contributed by atoms with Gasteiger partial charge in [-0.15, -0.1) is 0 Å². The van der Waals surface area contributed by atoms with Crippen molar-refractivity contribution in [3.8, 4) is 0 Å². The third-order valence-electron chi connectivity index (χ3n) is 4.35. The van der Waals surface area contributed by atoms with Crippen molar-refractivity contribution in [2.75, 3.05) is 6.54 Å². The number of carbonyl (C=O) groups excluding carboxylic acids is 3. The molecule has 33 heavy (non-hydrogen) atoms. The Hall–Kier alpha value is -4.00. The van der Waals surface area contributed by atoms with Crippen LogP contribution in [0.4, 0.5) is 0 Å². The molecule has 180 valence electrons. The molecular weight excluding hydrogens is 440 g/mol. The topological polar surface area (TPSA) is 225 Å². The first kappa shape index (κ1) is 27.0. The van der Waals surface area contributed by atoms with E-state index in [2.05, 4.69) is 16.0 Å². The van der Waals surface area contributed by atoms with Crippen molar-refractivity contribution in [3.05, 3.63) is 35.9 Å². The van der Waals surface area contributed by atoms with Crippen LogP contribution in [0.5, 0.6) is 0 Å². The Balaban J connectivity index is 2.66. The van der Waals surface area contributed by atoms with Crippen LogP contribution < -0.4 is 21.7 Å². The molecule has 1 rings (SSSR count). The van der Waals surface area contributed by atoms with Gasteiger partial charge in [-0.2, -0.15) is 0 Å². The molecule has 0 fully saturated rings. The van der Waals surface area contributed by atoms with E-state index in [0.717, 1.165) is 5.56 Å². The van der Waals surface area contributed by atoms with Gasteiger partial charge in [0, 0.05) is 6.42 Å². The van der Waals surface area contributed by atoms with Gasteiger partial charge < -0.3 is 37.0 Å². The number of carboxylic acid groups (broad SMARTS) is 3. The highest BCUT2D eigenvalue weighted by Crippen LogP contribution is 2.03. The molecule has 13 heteroatoms. The maximum absolute atomic E-state index is 12.3. The van der Waals surface area contributed by atoms with E-state index >= 15 is 0 Å². The highest BCUT2D eigenvalue weighted by atomic mass is 16.4. The number of aliphatic carboxylic acids is 3. The highest BCUT2D eigenvalue weighted by Gasteiger charge is 2.27. The van der Waals surface area contributed by atoms with E-state index in [0.29, 0.717) is 0 Å². The van der Waals surface area contributed by atoms with Crippen LogP contribution in [-0.4, -0.2) is 75.6 Å². The highest BCUT2D eigenvalue weighted by molar-refractivity contribution is 5.94. The number of nitrogens with one attached hydrogen (secondary N) is 3. The summed E-state index contributed by atoms with van der Waals surface area (Å²) in [5.41, 5.74) is 6.59. The van der Waals surface area contributed by atoms with Gasteiger partial charge in [0.05, 0.1) is 19.0 Å². The molecule has 3 unspecified atom stereocenters. The number of rotatable bonds is 14. The molecule has 0 aliphatic heterocycles. The lowest BCUT2D eigenvalue weighted by Crippen LogP contribution is -2.54. The first-order valence-electron chi connectivity index (χ1n) is 9.83. The second kappa shape index (κ2) is 13.4. The number of hydrogen-bond acceptors (Lipinski definition) is 7. The molecule has 3 amide bonds. The normalized spacial score (nSPS) is 13.1. The largest absolute Gasteiger partial charge is 0.481 e. The molecule has 1 aromatic rings. The Kier molecular flexibility index (Phi) is 11.0. The van der Waals surface area contributed by atoms with Crippen molar-refractivity contribution < 1.29 is 44.1 Å². The minimum atomic E-state index is -1.54. The van der Waals surface area contributed by atoms with E-state index in [1.807, 2.05) is 0 Å². The smallest absolute Gasteiger partial charge is 0.326 e. The number of carboxylic acids is 3. The van der Waals surface area contributed by atoms with E-state index in [-0.39, 0.29) is 12.8 Å².